The third-order valence-corrected chi connectivity index (χ3v) is 17.2. The predicted octanol–water partition coefficient (Wildman–Crippen LogP) is -19.2. The third kappa shape index (κ3) is 17.7. The molecule has 0 saturated carbocycles. The molecule has 0 spiro atoms. The molecule has 40 atom stereocenters. The van der Waals surface area contributed by atoms with Crippen molar-refractivity contribution >= 4 is 11.8 Å². The lowest BCUT2D eigenvalue weighted by atomic mass is 9.94. The summed E-state index contributed by atoms with van der Waals surface area (Å²) in [5, 5.41) is 272. The minimum absolute atomic E-state index is 0.755. The largest absolute Gasteiger partial charge is 0.394 e. The second-order valence-corrected chi connectivity index (χ2v) is 23.8. The number of hydrogen-bond acceptors (Lipinski definition) is 42. The molecule has 8 saturated heterocycles. The van der Waals surface area contributed by atoms with Gasteiger partial charge in [0.2, 0.25) is 11.8 Å². The van der Waals surface area contributed by atoms with Crippen LogP contribution in [-0.4, -0.2) is 443 Å². The summed E-state index contributed by atoms with van der Waals surface area (Å²) >= 11 is 0. The van der Waals surface area contributed by atoms with Crippen molar-refractivity contribution in [2.24, 2.45) is 0 Å². The molecule has 560 valence electrons. The van der Waals surface area contributed by atoms with Gasteiger partial charge in [-0.3, -0.25) is 9.59 Å². The second-order valence-electron chi connectivity index (χ2n) is 23.8. The molecule has 0 radical (unpaired) electrons. The molecular formula is C52H90N2O42. The summed E-state index contributed by atoms with van der Waals surface area (Å²) in [6.07, 6.45) is -67.3. The molecule has 8 aliphatic heterocycles. The van der Waals surface area contributed by atoms with Gasteiger partial charge in [-0.05, 0) is 0 Å². The van der Waals surface area contributed by atoms with Gasteiger partial charge < -0.3 is 210 Å². The Morgan fingerprint density at radius 3 is 0.844 bits per heavy atom. The van der Waals surface area contributed by atoms with Crippen LogP contribution in [0.5, 0.6) is 0 Å². The van der Waals surface area contributed by atoms with E-state index >= 15 is 0 Å². The van der Waals surface area contributed by atoms with Crippen LogP contribution in [0.25, 0.3) is 0 Å². The van der Waals surface area contributed by atoms with Gasteiger partial charge in [0.15, 0.2) is 50.3 Å². The van der Waals surface area contributed by atoms with E-state index in [1.807, 2.05) is 0 Å². The number of rotatable bonds is 22. The van der Waals surface area contributed by atoms with Crippen LogP contribution in [0.4, 0.5) is 0 Å². The fourth-order valence-electron chi connectivity index (χ4n) is 11.9. The van der Waals surface area contributed by atoms with Crippen LogP contribution in [0.2, 0.25) is 0 Å². The molecular weight excluding hydrogens is 1320 g/mol. The number of aliphatic hydroxyl groups is 26. The molecule has 8 heterocycles. The number of hydrogen-bond donors (Lipinski definition) is 28. The van der Waals surface area contributed by atoms with Gasteiger partial charge in [-0.25, -0.2) is 0 Å². The van der Waals surface area contributed by atoms with Crippen LogP contribution in [-0.2, 0) is 75.9 Å². The van der Waals surface area contributed by atoms with Crippen LogP contribution in [0.15, 0.2) is 0 Å². The van der Waals surface area contributed by atoms with Crippen LogP contribution in [0.1, 0.15) is 13.8 Å². The lowest BCUT2D eigenvalue weighted by molar-refractivity contribution is -0.380. The van der Waals surface area contributed by atoms with E-state index in [0.29, 0.717) is 0 Å². The van der Waals surface area contributed by atoms with Crippen LogP contribution < -0.4 is 10.6 Å². The molecule has 28 N–H and O–H groups in total. The highest BCUT2D eigenvalue weighted by molar-refractivity contribution is 5.73. The fourth-order valence-corrected chi connectivity index (χ4v) is 11.9. The average molecular weight is 1420 g/mol. The van der Waals surface area contributed by atoms with E-state index in [4.69, 9.17) is 66.3 Å². The molecule has 96 heavy (non-hydrogen) atoms. The molecule has 44 nitrogen and oxygen atoms in total. The number of carbonyl (C=O) groups is 2. The Kier molecular flexibility index (Phi) is 29.8. The Hall–Kier alpha value is -2.66. The zero-order valence-corrected chi connectivity index (χ0v) is 50.9. The van der Waals surface area contributed by atoms with Gasteiger partial charge in [0.1, 0.15) is 195 Å². The van der Waals surface area contributed by atoms with Crippen molar-refractivity contribution < 1.29 is 209 Å². The zero-order chi connectivity index (χ0) is 71.2. The first-order chi connectivity index (χ1) is 45.4. The molecule has 8 aliphatic rings. The highest BCUT2D eigenvalue weighted by Crippen LogP contribution is 2.38. The summed E-state index contributed by atoms with van der Waals surface area (Å²) in [4.78, 5) is 24.4. The first kappa shape index (κ1) is 80.6. The minimum Gasteiger partial charge on any atom is -0.394 e. The third-order valence-electron chi connectivity index (χ3n) is 17.2. The predicted molar refractivity (Wildman–Crippen MR) is 291 cm³/mol. The number of carbonyl (C=O) groups excluding carboxylic acids is 2. The summed E-state index contributed by atoms with van der Waals surface area (Å²) in [5.41, 5.74) is 0. The first-order valence-electron chi connectivity index (χ1n) is 30.2. The van der Waals surface area contributed by atoms with Crippen LogP contribution in [0.3, 0.4) is 0 Å². The highest BCUT2D eigenvalue weighted by atomic mass is 16.8. The Morgan fingerprint density at radius 1 is 0.250 bits per heavy atom. The summed E-state index contributed by atoms with van der Waals surface area (Å²) < 4.78 is 77.2. The normalized spacial score (nSPS) is 50.2. The Bertz CT molecular complexity index is 2360. The quantitative estimate of drug-likeness (QED) is 0.0479. The minimum atomic E-state index is -2.04. The van der Waals surface area contributed by atoms with E-state index < -0.39 is 310 Å². The van der Waals surface area contributed by atoms with Gasteiger partial charge in [-0.2, -0.15) is 0 Å². The average Bonchev–Trinajstić information content (AvgIpc) is 0.777. The number of nitrogens with one attached hydrogen (secondary N) is 2. The molecule has 8 rings (SSSR count). The van der Waals surface area contributed by atoms with Crippen molar-refractivity contribution in [2.45, 2.75) is 259 Å². The molecule has 2 amide bonds. The Balaban J connectivity index is 0.000000271. The molecule has 8 fully saturated rings. The number of amides is 2. The molecule has 44 heteroatoms. The van der Waals surface area contributed by atoms with Crippen molar-refractivity contribution in [3.63, 3.8) is 0 Å². The summed E-state index contributed by atoms with van der Waals surface area (Å²) in [6, 6.07) is -3.22. The van der Waals surface area contributed by atoms with E-state index in [1.165, 1.54) is 0 Å². The van der Waals surface area contributed by atoms with Gasteiger partial charge >= 0.3 is 0 Å². The SMILES string of the molecule is CC(=O)NC1[C@H](O[C@@H]2C(O)[C@H](O[C@@H]3C(CO)OC(O)C(O)[C@H]3O)OC(CO)[C@@H]2O)OC(CO)[C@@H](O)[C@@H]1O[C@@H]1OC(CO)[C@H](O)[C@H](O)C1O.CC(=O)NC1[C@H](O[C@@H]2C(O)[C@H](O[C@@H]3C(CO)OC(O)C(O)[C@H]3O)OC(CO)[C@@H]2O)OC(CO)[C@@H](O[C@@H]2OC(CO)[C@H](O)[C@H](O)C2O)[C@@H]1O. The fraction of sp³-hybridized carbons (Fsp3) is 0.962. The smallest absolute Gasteiger partial charge is 0.217 e. The first-order valence-corrected chi connectivity index (χ1v) is 30.2. The van der Waals surface area contributed by atoms with E-state index in [1.54, 1.807) is 0 Å². The van der Waals surface area contributed by atoms with Gasteiger partial charge in [-0.1, -0.05) is 0 Å². The van der Waals surface area contributed by atoms with Crippen molar-refractivity contribution in [3.05, 3.63) is 0 Å². The molecule has 0 aromatic heterocycles. The van der Waals surface area contributed by atoms with Crippen LogP contribution in [0, 0.1) is 0 Å². The maximum absolute atomic E-state index is 12.3. The Morgan fingerprint density at radius 2 is 0.500 bits per heavy atom. The summed E-state index contributed by atoms with van der Waals surface area (Å²) in [6.45, 7) is -4.78. The standard InChI is InChI=1S/2C26H45NO21/c1-6(32)27-11-14(35)20(46-25-18(39)15(36)12(33)7(2-28)43-25)10(5-31)45-24(11)48-22-13(34)8(3-29)44-26(19(22)40)47-21-9(4-30)42-23(41)17(38)16(21)37;1-6(32)27-11-21(47-25-18(39)15(36)12(33)7(2-28)44-25)13(34)8(3-29)43-24(11)48-22-14(35)9(4-30)45-26(19(22)40)46-20-10(5-31)42-23(41)17(38)16(20)37/h2*7-26,28-31,33-41H,2-5H2,1H3,(H,27,32)/t7?,8?,9?,10?,11?,12-,13-,14+,15-,16+,17?,18?,19?,20+,21+,22-,23?,24-,25-,26-;7?,8?,9?,10?,11?,12-,13+,14-,15-,16+,17?,18?,19?,20+,21+,22-,23?,24-,25-,26-/m00/s1. The van der Waals surface area contributed by atoms with Crippen molar-refractivity contribution in [1.82, 2.24) is 10.6 Å². The van der Waals surface area contributed by atoms with E-state index in [0.717, 1.165) is 13.8 Å². The second kappa shape index (κ2) is 35.5. The Labute approximate surface area is 542 Å². The van der Waals surface area contributed by atoms with Crippen molar-refractivity contribution in [2.75, 3.05) is 52.9 Å². The highest BCUT2D eigenvalue weighted by Gasteiger charge is 2.59. The van der Waals surface area contributed by atoms with Crippen molar-refractivity contribution in [1.29, 1.82) is 0 Å². The zero-order valence-electron chi connectivity index (χ0n) is 50.9. The topological polar surface area (TPSA) is 713 Å². The van der Waals surface area contributed by atoms with Crippen LogP contribution >= 0.6 is 0 Å². The van der Waals surface area contributed by atoms with Gasteiger partial charge in [0.25, 0.3) is 0 Å². The lowest BCUT2D eigenvalue weighted by Gasteiger charge is -2.50. The maximum Gasteiger partial charge on any atom is 0.217 e. The molecule has 0 bridgehead atoms. The van der Waals surface area contributed by atoms with Gasteiger partial charge in [0.05, 0.1) is 52.9 Å². The summed E-state index contributed by atoms with van der Waals surface area (Å²) in [5.74, 6) is -1.52. The molecule has 18 unspecified atom stereocenters. The number of aliphatic hydroxyl groups excluding tert-OH is 26. The van der Waals surface area contributed by atoms with Crippen molar-refractivity contribution in [3.8, 4) is 0 Å². The van der Waals surface area contributed by atoms with E-state index in [2.05, 4.69) is 10.6 Å². The maximum atomic E-state index is 12.3. The monoisotopic (exact) mass is 1410 g/mol. The molecule has 0 aliphatic carbocycles. The molecule has 0 aromatic carbocycles. The van der Waals surface area contributed by atoms with E-state index in [-0.39, 0.29) is 0 Å². The van der Waals surface area contributed by atoms with E-state index in [9.17, 15) is 142 Å². The summed E-state index contributed by atoms with van der Waals surface area (Å²) in [7, 11) is 0. The van der Waals surface area contributed by atoms with Gasteiger partial charge in [0, 0.05) is 13.8 Å². The molecule has 0 aromatic rings. The number of ether oxygens (including phenoxy) is 14. The van der Waals surface area contributed by atoms with Gasteiger partial charge in [-0.15, -0.1) is 0 Å². The lowest BCUT2D eigenvalue weighted by Crippen LogP contribution is -2.70.